The maximum atomic E-state index is 5.49. The van der Waals surface area contributed by atoms with Crippen LogP contribution in [0.4, 0.5) is 0 Å². The zero-order chi connectivity index (χ0) is 18.1. The summed E-state index contributed by atoms with van der Waals surface area (Å²) >= 11 is 0. The monoisotopic (exact) mass is 345 g/mol. The first-order valence-electron chi connectivity index (χ1n) is 8.34. The number of methoxy groups -OCH3 is 2. The van der Waals surface area contributed by atoms with Gasteiger partial charge in [-0.15, -0.1) is 10.2 Å². The lowest BCUT2D eigenvalue weighted by Crippen LogP contribution is -1.95. The summed E-state index contributed by atoms with van der Waals surface area (Å²) in [6.45, 7) is 2.08. The molecule has 2 aromatic heterocycles. The minimum Gasteiger partial charge on any atom is -0.497 e. The molecule has 0 saturated carbocycles. The van der Waals surface area contributed by atoms with E-state index in [0.717, 1.165) is 45.2 Å². The minimum absolute atomic E-state index is 0.757. The number of benzene rings is 2. The summed E-state index contributed by atoms with van der Waals surface area (Å²) in [6, 6.07) is 17.9. The summed E-state index contributed by atoms with van der Waals surface area (Å²) in [7, 11) is 3.33. The Labute approximate surface area is 151 Å². The molecule has 2 heterocycles. The SMILES string of the molecule is COc1ccc(-c2cn3c(-c4ccccc4OC)nnc3cc2C)cc1. The highest BCUT2D eigenvalue weighted by Crippen LogP contribution is 2.31. The van der Waals surface area contributed by atoms with Gasteiger partial charge in [-0.1, -0.05) is 24.3 Å². The highest BCUT2D eigenvalue weighted by molar-refractivity contribution is 5.72. The highest BCUT2D eigenvalue weighted by Gasteiger charge is 2.14. The molecule has 0 bridgehead atoms. The fraction of sp³-hybridized carbons (Fsp3) is 0.143. The van der Waals surface area contributed by atoms with Crippen LogP contribution in [0.2, 0.25) is 0 Å². The number of aryl methyl sites for hydroxylation is 1. The smallest absolute Gasteiger partial charge is 0.172 e. The standard InChI is InChI=1S/C21H19N3O2/c1-14-12-20-22-23-21(17-6-4-5-7-19(17)26-3)24(20)13-18(14)15-8-10-16(25-2)11-9-15/h4-13H,1-3H3. The summed E-state index contributed by atoms with van der Waals surface area (Å²) in [5, 5.41) is 8.72. The number of aromatic nitrogens is 3. The third kappa shape index (κ3) is 2.67. The van der Waals surface area contributed by atoms with E-state index in [4.69, 9.17) is 9.47 Å². The molecule has 0 saturated heterocycles. The Hall–Kier alpha value is -3.34. The van der Waals surface area contributed by atoms with E-state index in [1.54, 1.807) is 14.2 Å². The molecule has 26 heavy (non-hydrogen) atoms. The molecular formula is C21H19N3O2. The van der Waals surface area contributed by atoms with Crippen LogP contribution in [0.3, 0.4) is 0 Å². The summed E-state index contributed by atoms with van der Waals surface area (Å²) in [6.07, 6.45) is 2.08. The molecule has 5 nitrogen and oxygen atoms in total. The Morgan fingerprint density at radius 2 is 1.62 bits per heavy atom. The topological polar surface area (TPSA) is 48.7 Å². The zero-order valence-corrected chi connectivity index (χ0v) is 14.9. The van der Waals surface area contributed by atoms with E-state index in [9.17, 15) is 0 Å². The molecule has 130 valence electrons. The van der Waals surface area contributed by atoms with E-state index in [1.165, 1.54) is 0 Å². The maximum Gasteiger partial charge on any atom is 0.172 e. The van der Waals surface area contributed by atoms with Crippen molar-refractivity contribution in [1.29, 1.82) is 0 Å². The Morgan fingerprint density at radius 1 is 0.846 bits per heavy atom. The molecular weight excluding hydrogens is 326 g/mol. The van der Waals surface area contributed by atoms with Crippen molar-refractivity contribution in [2.75, 3.05) is 14.2 Å². The van der Waals surface area contributed by atoms with Gasteiger partial charge >= 0.3 is 0 Å². The lowest BCUT2D eigenvalue weighted by Gasteiger charge is -2.10. The van der Waals surface area contributed by atoms with Gasteiger partial charge < -0.3 is 9.47 Å². The first-order valence-corrected chi connectivity index (χ1v) is 8.34. The van der Waals surface area contributed by atoms with Gasteiger partial charge in [-0.2, -0.15) is 0 Å². The normalized spacial score (nSPS) is 10.9. The Morgan fingerprint density at radius 3 is 2.35 bits per heavy atom. The average Bonchev–Trinajstić information content (AvgIpc) is 3.09. The van der Waals surface area contributed by atoms with Crippen molar-refractivity contribution < 1.29 is 9.47 Å². The second-order valence-electron chi connectivity index (χ2n) is 6.05. The Balaban J connectivity index is 1.90. The van der Waals surface area contributed by atoms with Crippen molar-refractivity contribution in [3.05, 3.63) is 66.4 Å². The molecule has 0 aliphatic rings. The van der Waals surface area contributed by atoms with Gasteiger partial charge in [-0.25, -0.2) is 0 Å². The van der Waals surface area contributed by atoms with Gasteiger partial charge in [0, 0.05) is 11.8 Å². The number of pyridine rings is 1. The Kier molecular flexibility index (Phi) is 4.05. The van der Waals surface area contributed by atoms with Crippen molar-refractivity contribution in [2.45, 2.75) is 6.92 Å². The summed E-state index contributed by atoms with van der Waals surface area (Å²) in [5.41, 5.74) is 5.09. The highest BCUT2D eigenvalue weighted by atomic mass is 16.5. The molecule has 0 fully saturated rings. The maximum absolute atomic E-state index is 5.49. The van der Waals surface area contributed by atoms with Crippen LogP contribution in [0.5, 0.6) is 11.5 Å². The zero-order valence-electron chi connectivity index (χ0n) is 14.9. The first-order chi connectivity index (χ1) is 12.7. The largest absolute Gasteiger partial charge is 0.497 e. The lowest BCUT2D eigenvalue weighted by molar-refractivity contribution is 0.415. The third-order valence-electron chi connectivity index (χ3n) is 4.50. The van der Waals surface area contributed by atoms with Crippen molar-refractivity contribution >= 4 is 5.65 Å². The molecule has 0 amide bonds. The van der Waals surface area contributed by atoms with Crippen molar-refractivity contribution in [3.63, 3.8) is 0 Å². The molecule has 4 rings (SSSR count). The fourth-order valence-electron chi connectivity index (χ4n) is 3.12. The van der Waals surface area contributed by atoms with Crippen LogP contribution in [0.1, 0.15) is 5.56 Å². The van der Waals surface area contributed by atoms with Gasteiger partial charge in [-0.3, -0.25) is 4.40 Å². The van der Waals surface area contributed by atoms with E-state index in [2.05, 4.69) is 35.5 Å². The van der Waals surface area contributed by atoms with Gasteiger partial charge in [0.05, 0.1) is 19.8 Å². The van der Waals surface area contributed by atoms with Crippen LogP contribution in [0.15, 0.2) is 60.8 Å². The molecule has 0 spiro atoms. The number of hydrogen-bond donors (Lipinski definition) is 0. The van der Waals surface area contributed by atoms with Crippen molar-refractivity contribution in [3.8, 4) is 34.0 Å². The molecule has 4 aromatic rings. The summed E-state index contributed by atoms with van der Waals surface area (Å²) in [5.74, 6) is 2.37. The van der Waals surface area contributed by atoms with Gasteiger partial charge in [0.1, 0.15) is 11.5 Å². The molecule has 5 heteroatoms. The van der Waals surface area contributed by atoms with Crippen LogP contribution < -0.4 is 9.47 Å². The van der Waals surface area contributed by atoms with E-state index < -0.39 is 0 Å². The minimum atomic E-state index is 0.757. The van der Waals surface area contributed by atoms with Crippen molar-refractivity contribution in [2.24, 2.45) is 0 Å². The molecule has 0 aliphatic heterocycles. The van der Waals surface area contributed by atoms with Gasteiger partial charge in [0.2, 0.25) is 0 Å². The average molecular weight is 345 g/mol. The first kappa shape index (κ1) is 16.1. The molecule has 0 aliphatic carbocycles. The molecule has 0 atom stereocenters. The second kappa shape index (κ2) is 6.52. The molecule has 0 unspecified atom stereocenters. The summed E-state index contributed by atoms with van der Waals surface area (Å²) < 4.78 is 12.7. The quantitative estimate of drug-likeness (QED) is 0.550. The fourth-order valence-corrected chi connectivity index (χ4v) is 3.12. The van der Waals surface area contributed by atoms with Crippen LogP contribution in [0.25, 0.3) is 28.2 Å². The van der Waals surface area contributed by atoms with E-state index in [1.807, 2.05) is 46.9 Å². The predicted molar refractivity (Wildman–Crippen MR) is 102 cm³/mol. The second-order valence-corrected chi connectivity index (χ2v) is 6.05. The Bertz CT molecular complexity index is 1070. The van der Waals surface area contributed by atoms with E-state index in [0.29, 0.717) is 0 Å². The van der Waals surface area contributed by atoms with Crippen LogP contribution in [-0.2, 0) is 0 Å². The third-order valence-corrected chi connectivity index (χ3v) is 4.50. The number of ether oxygens (including phenoxy) is 2. The van der Waals surface area contributed by atoms with Gasteiger partial charge in [0.15, 0.2) is 11.5 Å². The van der Waals surface area contributed by atoms with Crippen LogP contribution in [0, 0.1) is 6.92 Å². The van der Waals surface area contributed by atoms with Crippen LogP contribution in [-0.4, -0.2) is 28.8 Å². The van der Waals surface area contributed by atoms with Gasteiger partial charge in [0.25, 0.3) is 0 Å². The predicted octanol–water partition coefficient (Wildman–Crippen LogP) is 4.39. The number of nitrogens with zero attached hydrogens (tertiary/aromatic N) is 3. The van der Waals surface area contributed by atoms with Gasteiger partial charge in [-0.05, 0) is 48.4 Å². The molecule has 2 aromatic carbocycles. The number of hydrogen-bond acceptors (Lipinski definition) is 4. The molecule has 0 N–H and O–H groups in total. The van der Waals surface area contributed by atoms with Crippen molar-refractivity contribution in [1.82, 2.24) is 14.6 Å². The van der Waals surface area contributed by atoms with E-state index >= 15 is 0 Å². The number of rotatable bonds is 4. The summed E-state index contributed by atoms with van der Waals surface area (Å²) in [4.78, 5) is 0. The number of para-hydroxylation sites is 1. The number of fused-ring (bicyclic) bond motifs is 1. The van der Waals surface area contributed by atoms with E-state index in [-0.39, 0.29) is 0 Å². The van der Waals surface area contributed by atoms with Crippen LogP contribution >= 0.6 is 0 Å². The lowest BCUT2D eigenvalue weighted by atomic mass is 10.0. The molecule has 0 radical (unpaired) electrons.